The first-order valence-electron chi connectivity index (χ1n) is 7.73. The van der Waals surface area contributed by atoms with Crippen molar-refractivity contribution in [1.29, 1.82) is 0 Å². The molecule has 0 spiro atoms. The molecular formula is C18H23N3. The summed E-state index contributed by atoms with van der Waals surface area (Å²) >= 11 is 0. The van der Waals surface area contributed by atoms with Gasteiger partial charge < -0.3 is 0 Å². The zero-order chi connectivity index (χ0) is 15.3. The van der Waals surface area contributed by atoms with Crippen LogP contribution in [-0.4, -0.2) is 11.1 Å². The van der Waals surface area contributed by atoms with Crippen LogP contribution in [0.5, 0.6) is 0 Å². The largest absolute Gasteiger partial charge is 0.238 e. The number of fused-ring (bicyclic) bond motifs is 4. The summed E-state index contributed by atoms with van der Waals surface area (Å²) in [6.07, 6.45) is 0. The highest BCUT2D eigenvalue weighted by Gasteiger charge is 2.89. The van der Waals surface area contributed by atoms with Crippen LogP contribution in [0.2, 0.25) is 0 Å². The molecule has 0 aromatic heterocycles. The fourth-order valence-corrected chi connectivity index (χ4v) is 5.77. The van der Waals surface area contributed by atoms with E-state index >= 15 is 0 Å². The van der Waals surface area contributed by atoms with E-state index in [0.717, 1.165) is 5.69 Å². The summed E-state index contributed by atoms with van der Waals surface area (Å²) < 4.78 is 0. The summed E-state index contributed by atoms with van der Waals surface area (Å²) in [5.41, 5.74) is 4.13. The maximum absolute atomic E-state index is 4.77. The second-order valence-electron chi connectivity index (χ2n) is 7.48. The Bertz CT molecular complexity index is 706. The molecule has 1 saturated carbocycles. The fraction of sp³-hybridized carbons (Fsp3) is 0.556. The standard InChI is InChI=1S/C18H23N3/c1-12-13(2)16(4)15(12,3)17(5)18(16,6)21(20-19-17)14-10-8-7-9-11-14/h7-11H,1-6H3/t15-,16-,17+,18+/m1/s1. The van der Waals surface area contributed by atoms with Gasteiger partial charge in [0.25, 0.3) is 0 Å². The van der Waals surface area contributed by atoms with Crippen molar-refractivity contribution in [1.82, 2.24) is 0 Å². The molecule has 3 aliphatic rings. The van der Waals surface area contributed by atoms with Gasteiger partial charge in [0.2, 0.25) is 0 Å². The van der Waals surface area contributed by atoms with E-state index in [-0.39, 0.29) is 21.9 Å². The van der Waals surface area contributed by atoms with E-state index in [4.69, 9.17) is 5.11 Å². The number of anilines is 1. The van der Waals surface area contributed by atoms with Crippen molar-refractivity contribution < 1.29 is 0 Å². The number of nitrogens with zero attached hydrogens (tertiary/aromatic N) is 3. The van der Waals surface area contributed by atoms with Crippen LogP contribution >= 0.6 is 0 Å². The number of rotatable bonds is 1. The minimum Gasteiger partial charge on any atom is -0.238 e. The number of benzene rings is 1. The van der Waals surface area contributed by atoms with Gasteiger partial charge in [-0.1, -0.05) is 48.4 Å². The van der Waals surface area contributed by atoms with Crippen LogP contribution in [0.4, 0.5) is 5.69 Å². The molecule has 0 bridgehead atoms. The molecule has 0 saturated heterocycles. The Hall–Kier alpha value is -1.64. The average Bonchev–Trinajstić information content (AvgIpc) is 2.77. The summed E-state index contributed by atoms with van der Waals surface area (Å²) in [5.74, 6) is 0. The minimum atomic E-state index is -0.159. The highest BCUT2D eigenvalue weighted by atomic mass is 15.7. The predicted molar refractivity (Wildman–Crippen MR) is 85.2 cm³/mol. The van der Waals surface area contributed by atoms with Gasteiger partial charge in [0.1, 0.15) is 5.54 Å². The van der Waals surface area contributed by atoms with E-state index in [1.54, 1.807) is 0 Å². The molecule has 1 fully saturated rings. The van der Waals surface area contributed by atoms with E-state index in [9.17, 15) is 0 Å². The van der Waals surface area contributed by atoms with Crippen LogP contribution in [0.1, 0.15) is 41.5 Å². The van der Waals surface area contributed by atoms with Gasteiger partial charge in [0.05, 0.1) is 11.2 Å². The van der Waals surface area contributed by atoms with Crippen molar-refractivity contribution in [2.45, 2.75) is 52.6 Å². The van der Waals surface area contributed by atoms with E-state index in [0.29, 0.717) is 0 Å². The van der Waals surface area contributed by atoms with Gasteiger partial charge in [0.15, 0.2) is 0 Å². The van der Waals surface area contributed by atoms with E-state index in [2.05, 4.69) is 76.0 Å². The quantitative estimate of drug-likeness (QED) is 0.682. The lowest BCUT2D eigenvalue weighted by Crippen LogP contribution is -2.89. The Morgan fingerprint density at radius 2 is 1.43 bits per heavy atom. The zero-order valence-electron chi connectivity index (χ0n) is 13.7. The third-order valence-electron chi connectivity index (χ3n) is 7.72. The van der Waals surface area contributed by atoms with Crippen LogP contribution in [-0.2, 0) is 0 Å². The molecule has 2 aliphatic carbocycles. The Morgan fingerprint density at radius 1 is 0.857 bits per heavy atom. The molecule has 1 aliphatic heterocycles. The third kappa shape index (κ3) is 0.889. The normalized spacial score (nSPS) is 46.9. The molecule has 0 radical (unpaired) electrons. The first-order chi connectivity index (χ1) is 9.77. The van der Waals surface area contributed by atoms with Gasteiger partial charge in [-0.05, 0) is 39.8 Å². The van der Waals surface area contributed by atoms with Crippen LogP contribution in [0.25, 0.3) is 0 Å². The number of para-hydroxylation sites is 1. The van der Waals surface area contributed by atoms with Crippen molar-refractivity contribution in [2.24, 2.45) is 21.2 Å². The molecule has 1 aromatic carbocycles. The van der Waals surface area contributed by atoms with Gasteiger partial charge in [-0.3, -0.25) is 0 Å². The summed E-state index contributed by atoms with van der Waals surface area (Å²) in [6.45, 7) is 13.9. The molecule has 1 heterocycles. The number of hydrogen-bond acceptors (Lipinski definition) is 3. The maximum Gasteiger partial charge on any atom is 0.117 e. The van der Waals surface area contributed by atoms with Crippen molar-refractivity contribution in [3.63, 3.8) is 0 Å². The lowest BCUT2D eigenvalue weighted by molar-refractivity contribution is -0.180. The Labute approximate surface area is 126 Å². The lowest BCUT2D eigenvalue weighted by Gasteiger charge is -2.81. The van der Waals surface area contributed by atoms with E-state index in [1.165, 1.54) is 11.1 Å². The molecule has 0 N–H and O–H groups in total. The molecule has 21 heavy (non-hydrogen) atoms. The Morgan fingerprint density at radius 3 is 2.05 bits per heavy atom. The second-order valence-corrected chi connectivity index (χ2v) is 7.48. The SMILES string of the molecule is CC1=C(C)[C@]2(C)[C@]1(C)[C@]1(C)N=NN(c3ccccc3)[C@]12C. The van der Waals surface area contributed by atoms with E-state index in [1.807, 2.05) is 6.07 Å². The fourth-order valence-electron chi connectivity index (χ4n) is 5.77. The van der Waals surface area contributed by atoms with Crippen molar-refractivity contribution in [3.05, 3.63) is 41.5 Å². The van der Waals surface area contributed by atoms with Gasteiger partial charge in [-0.15, -0.1) is 0 Å². The van der Waals surface area contributed by atoms with Crippen LogP contribution in [0.15, 0.2) is 51.8 Å². The zero-order valence-corrected chi connectivity index (χ0v) is 13.7. The molecule has 0 amide bonds. The topological polar surface area (TPSA) is 28.0 Å². The predicted octanol–water partition coefficient (Wildman–Crippen LogP) is 4.77. The lowest BCUT2D eigenvalue weighted by atomic mass is 9.23. The number of hydrogen-bond donors (Lipinski definition) is 0. The summed E-state index contributed by atoms with van der Waals surface area (Å²) in [6, 6.07) is 10.4. The van der Waals surface area contributed by atoms with Gasteiger partial charge in [-0.2, -0.15) is 5.11 Å². The van der Waals surface area contributed by atoms with Crippen LogP contribution < -0.4 is 5.01 Å². The Balaban J connectivity index is 1.92. The molecule has 4 rings (SSSR count). The van der Waals surface area contributed by atoms with Crippen molar-refractivity contribution in [2.75, 3.05) is 5.01 Å². The highest BCUT2D eigenvalue weighted by molar-refractivity contribution is 5.66. The van der Waals surface area contributed by atoms with Crippen molar-refractivity contribution in [3.8, 4) is 0 Å². The van der Waals surface area contributed by atoms with Gasteiger partial charge in [-0.25, -0.2) is 5.01 Å². The first kappa shape index (κ1) is 13.1. The van der Waals surface area contributed by atoms with Gasteiger partial charge >= 0.3 is 0 Å². The molecule has 0 unspecified atom stereocenters. The summed E-state index contributed by atoms with van der Waals surface area (Å²) in [4.78, 5) is 0. The van der Waals surface area contributed by atoms with Crippen molar-refractivity contribution >= 4 is 5.69 Å². The summed E-state index contributed by atoms with van der Waals surface area (Å²) in [5, 5.41) is 11.5. The second kappa shape index (κ2) is 3.23. The van der Waals surface area contributed by atoms with Gasteiger partial charge in [0, 0.05) is 10.8 Å². The molecule has 4 atom stereocenters. The van der Waals surface area contributed by atoms with E-state index < -0.39 is 0 Å². The third-order valence-corrected chi connectivity index (χ3v) is 7.72. The molecule has 3 heteroatoms. The average molecular weight is 281 g/mol. The monoisotopic (exact) mass is 281 g/mol. The maximum atomic E-state index is 4.77. The molecular weight excluding hydrogens is 258 g/mol. The Kier molecular flexibility index (Phi) is 2.01. The summed E-state index contributed by atoms with van der Waals surface area (Å²) in [7, 11) is 0. The molecule has 3 nitrogen and oxygen atoms in total. The highest BCUT2D eigenvalue weighted by Crippen LogP contribution is 2.84. The smallest absolute Gasteiger partial charge is 0.117 e. The molecule has 110 valence electrons. The first-order valence-corrected chi connectivity index (χ1v) is 7.73. The minimum absolute atomic E-state index is 0.0975. The molecule has 1 aromatic rings. The van der Waals surface area contributed by atoms with Crippen LogP contribution in [0, 0.1) is 10.8 Å². The van der Waals surface area contributed by atoms with Crippen LogP contribution in [0.3, 0.4) is 0 Å².